The minimum Gasteiger partial charge on any atom is -0.480 e. The number of benzene rings is 1. The van der Waals surface area contributed by atoms with Gasteiger partial charge in [-0.1, -0.05) is 18.2 Å². The van der Waals surface area contributed by atoms with E-state index in [2.05, 4.69) is 0 Å². The monoisotopic (exact) mass is 275 g/mol. The van der Waals surface area contributed by atoms with Gasteiger partial charge in [0, 0.05) is 17.1 Å². The summed E-state index contributed by atoms with van der Waals surface area (Å²) in [6.45, 7) is 5.19. The normalized spacial score (nSPS) is 11.6. The van der Waals surface area contributed by atoms with Gasteiger partial charge in [0.2, 0.25) is 0 Å². The quantitative estimate of drug-likeness (QED) is 0.874. The highest BCUT2D eigenvalue weighted by molar-refractivity contribution is 6.04. The van der Waals surface area contributed by atoms with Crippen molar-refractivity contribution in [2.45, 2.75) is 32.9 Å². The number of hydrogen-bond donors (Lipinski definition) is 1. The summed E-state index contributed by atoms with van der Waals surface area (Å²) < 4.78 is 6.89. The van der Waals surface area contributed by atoms with Gasteiger partial charge in [0.25, 0.3) is 0 Å². The van der Waals surface area contributed by atoms with E-state index in [1.807, 2.05) is 0 Å². The summed E-state index contributed by atoms with van der Waals surface area (Å²) in [6, 6.07) is 7.18. The zero-order chi connectivity index (χ0) is 14.9. The van der Waals surface area contributed by atoms with Crippen molar-refractivity contribution in [3.63, 3.8) is 0 Å². The van der Waals surface area contributed by atoms with E-state index in [4.69, 9.17) is 9.84 Å². The molecule has 0 aliphatic rings. The molecule has 1 heterocycles. The minimum atomic E-state index is -0.957. The Bertz CT molecular complexity index is 664. The first-order chi connectivity index (χ1) is 9.28. The third kappa shape index (κ3) is 2.99. The highest BCUT2D eigenvalue weighted by Crippen LogP contribution is 2.23. The Morgan fingerprint density at radius 1 is 1.25 bits per heavy atom. The molecule has 20 heavy (non-hydrogen) atoms. The molecule has 2 rings (SSSR count). The third-order valence-corrected chi connectivity index (χ3v) is 2.71. The highest BCUT2D eigenvalue weighted by Gasteiger charge is 2.22. The lowest BCUT2D eigenvalue weighted by atomic mass is 10.1. The first-order valence-electron chi connectivity index (χ1n) is 6.31. The van der Waals surface area contributed by atoms with Gasteiger partial charge in [0.1, 0.15) is 12.1 Å². The van der Waals surface area contributed by atoms with E-state index in [0.29, 0.717) is 16.5 Å². The molecule has 5 heteroatoms. The predicted molar refractivity (Wildman–Crippen MR) is 74.7 cm³/mol. The SMILES string of the molecule is CC(C)(C)OC(=O)c1cn(CC(=O)O)c2ccccc12. The fraction of sp³-hybridized carbons (Fsp3) is 0.333. The molecule has 1 N–H and O–H groups in total. The zero-order valence-electron chi connectivity index (χ0n) is 11.7. The molecule has 1 aromatic heterocycles. The Hall–Kier alpha value is -2.30. The molecule has 0 unspecified atom stereocenters. The summed E-state index contributed by atoms with van der Waals surface area (Å²) in [5.74, 6) is -1.40. The molecular weight excluding hydrogens is 258 g/mol. The molecule has 0 bridgehead atoms. The van der Waals surface area contributed by atoms with E-state index in [-0.39, 0.29) is 6.54 Å². The second-order valence-corrected chi connectivity index (χ2v) is 5.58. The summed E-state index contributed by atoms with van der Waals surface area (Å²) in [5.41, 5.74) is 0.500. The van der Waals surface area contributed by atoms with Crippen LogP contribution in [0.4, 0.5) is 0 Å². The Balaban J connectivity index is 2.48. The molecule has 0 aliphatic carbocycles. The second kappa shape index (κ2) is 5.00. The number of aromatic nitrogens is 1. The van der Waals surface area contributed by atoms with E-state index in [0.717, 1.165) is 0 Å². The predicted octanol–water partition coefficient (Wildman–Crippen LogP) is 2.68. The van der Waals surface area contributed by atoms with Crippen LogP contribution >= 0.6 is 0 Å². The van der Waals surface area contributed by atoms with Gasteiger partial charge < -0.3 is 14.4 Å². The van der Waals surface area contributed by atoms with Crippen LogP contribution in [0.3, 0.4) is 0 Å². The van der Waals surface area contributed by atoms with E-state index in [1.54, 1.807) is 45.0 Å². The van der Waals surface area contributed by atoms with Crippen molar-refractivity contribution in [1.82, 2.24) is 4.57 Å². The van der Waals surface area contributed by atoms with Gasteiger partial charge in [-0.05, 0) is 26.8 Å². The molecule has 0 atom stereocenters. The van der Waals surface area contributed by atoms with E-state index >= 15 is 0 Å². The fourth-order valence-electron chi connectivity index (χ4n) is 2.02. The van der Waals surface area contributed by atoms with Crippen LogP contribution in [0.1, 0.15) is 31.1 Å². The number of ether oxygens (including phenoxy) is 1. The first kappa shape index (κ1) is 14.1. The van der Waals surface area contributed by atoms with Gasteiger partial charge in [-0.2, -0.15) is 0 Å². The fourth-order valence-corrected chi connectivity index (χ4v) is 2.02. The molecular formula is C15H17NO4. The van der Waals surface area contributed by atoms with Crippen LogP contribution in [0.5, 0.6) is 0 Å². The number of aliphatic carboxylic acids is 1. The number of carboxylic acid groups (broad SMARTS) is 1. The standard InChI is InChI=1S/C15H17NO4/c1-15(2,3)20-14(19)11-8-16(9-13(17)18)12-7-5-4-6-10(11)12/h4-8H,9H2,1-3H3,(H,17,18). The average molecular weight is 275 g/mol. The first-order valence-corrected chi connectivity index (χ1v) is 6.31. The molecule has 5 nitrogen and oxygen atoms in total. The summed E-state index contributed by atoms with van der Waals surface area (Å²) in [4.78, 5) is 23.1. The smallest absolute Gasteiger partial charge is 0.340 e. The van der Waals surface area contributed by atoms with E-state index in [1.165, 1.54) is 10.8 Å². The average Bonchev–Trinajstić information content (AvgIpc) is 2.66. The molecule has 0 aliphatic heterocycles. The van der Waals surface area contributed by atoms with E-state index < -0.39 is 17.5 Å². The molecule has 0 radical (unpaired) electrons. The Morgan fingerprint density at radius 2 is 1.90 bits per heavy atom. The molecule has 0 spiro atoms. The van der Waals surface area contributed by atoms with Crippen molar-refractivity contribution in [2.75, 3.05) is 0 Å². The highest BCUT2D eigenvalue weighted by atomic mass is 16.6. The molecule has 0 saturated heterocycles. The van der Waals surface area contributed by atoms with Crippen molar-refractivity contribution in [3.8, 4) is 0 Å². The summed E-state index contributed by atoms with van der Waals surface area (Å²) in [6.07, 6.45) is 1.53. The number of hydrogen-bond acceptors (Lipinski definition) is 3. The topological polar surface area (TPSA) is 68.5 Å². The summed E-state index contributed by atoms with van der Waals surface area (Å²) in [7, 11) is 0. The Morgan fingerprint density at radius 3 is 2.50 bits per heavy atom. The van der Waals surface area contributed by atoms with Crippen molar-refractivity contribution in [3.05, 3.63) is 36.0 Å². The van der Waals surface area contributed by atoms with Gasteiger partial charge >= 0.3 is 11.9 Å². The Kier molecular flexibility index (Phi) is 3.53. The lowest BCUT2D eigenvalue weighted by Gasteiger charge is -2.19. The van der Waals surface area contributed by atoms with Crippen molar-refractivity contribution in [2.24, 2.45) is 0 Å². The van der Waals surface area contributed by atoms with Gasteiger partial charge in [-0.15, -0.1) is 0 Å². The van der Waals surface area contributed by atoms with Gasteiger partial charge in [-0.3, -0.25) is 4.79 Å². The number of carbonyl (C=O) groups excluding carboxylic acids is 1. The van der Waals surface area contributed by atoms with Crippen LogP contribution in [0.15, 0.2) is 30.5 Å². The summed E-state index contributed by atoms with van der Waals surface area (Å²) in [5, 5.41) is 9.62. The van der Waals surface area contributed by atoms with Crippen molar-refractivity contribution < 1.29 is 19.4 Å². The van der Waals surface area contributed by atoms with Crippen molar-refractivity contribution in [1.29, 1.82) is 0 Å². The zero-order valence-corrected chi connectivity index (χ0v) is 11.7. The van der Waals surface area contributed by atoms with Gasteiger partial charge in [0.15, 0.2) is 0 Å². The number of rotatable bonds is 3. The summed E-state index contributed by atoms with van der Waals surface area (Å²) >= 11 is 0. The number of esters is 1. The molecule has 0 amide bonds. The second-order valence-electron chi connectivity index (χ2n) is 5.58. The lowest BCUT2D eigenvalue weighted by molar-refractivity contribution is -0.137. The number of nitrogens with zero attached hydrogens (tertiary/aromatic N) is 1. The van der Waals surface area contributed by atoms with Crippen LogP contribution in [-0.4, -0.2) is 27.2 Å². The van der Waals surface area contributed by atoms with Gasteiger partial charge in [-0.25, -0.2) is 4.79 Å². The molecule has 1 aromatic carbocycles. The molecule has 2 aromatic rings. The third-order valence-electron chi connectivity index (χ3n) is 2.71. The maximum atomic E-state index is 12.2. The van der Waals surface area contributed by atoms with Crippen LogP contribution in [0.2, 0.25) is 0 Å². The largest absolute Gasteiger partial charge is 0.480 e. The Labute approximate surface area is 116 Å². The maximum absolute atomic E-state index is 12.2. The van der Waals surface area contributed by atoms with Crippen LogP contribution in [0, 0.1) is 0 Å². The number of carboxylic acids is 1. The number of para-hydroxylation sites is 1. The minimum absolute atomic E-state index is 0.191. The molecule has 0 fully saturated rings. The lowest BCUT2D eigenvalue weighted by Crippen LogP contribution is -2.23. The molecule has 106 valence electrons. The van der Waals surface area contributed by atoms with Crippen LogP contribution in [0.25, 0.3) is 10.9 Å². The van der Waals surface area contributed by atoms with E-state index in [9.17, 15) is 9.59 Å². The number of carbonyl (C=O) groups is 2. The molecule has 0 saturated carbocycles. The number of fused-ring (bicyclic) bond motifs is 1. The van der Waals surface area contributed by atoms with Crippen LogP contribution in [-0.2, 0) is 16.1 Å². The van der Waals surface area contributed by atoms with Crippen molar-refractivity contribution >= 4 is 22.8 Å². The van der Waals surface area contributed by atoms with Crippen LogP contribution < -0.4 is 0 Å². The van der Waals surface area contributed by atoms with Gasteiger partial charge in [0.05, 0.1) is 5.56 Å². The maximum Gasteiger partial charge on any atom is 0.340 e.